The van der Waals surface area contributed by atoms with Crippen LogP contribution in [0.1, 0.15) is 115 Å². The zero-order valence-corrected chi connectivity index (χ0v) is 67.3. The lowest BCUT2D eigenvalue weighted by Crippen LogP contribution is -2.65. The zero-order valence-electron chi connectivity index (χ0n) is 67.3. The molecule has 118 heavy (non-hydrogen) atoms. The van der Waals surface area contributed by atoms with Crippen LogP contribution < -0.4 is 22.5 Å². The molecule has 14 rings (SSSR count). The highest BCUT2D eigenvalue weighted by atomic mass is 19.4. The molecule has 0 bridgehead atoms. The van der Waals surface area contributed by atoms with Gasteiger partial charge in [0.05, 0.1) is 40.7 Å². The van der Waals surface area contributed by atoms with Gasteiger partial charge in [0.25, 0.3) is 17.7 Å². The molecule has 3 aromatic rings. The van der Waals surface area contributed by atoms with Crippen molar-refractivity contribution in [1.82, 2.24) is 34.7 Å². The lowest BCUT2D eigenvalue weighted by atomic mass is 9.57. The third-order valence-corrected chi connectivity index (χ3v) is 26.3. The van der Waals surface area contributed by atoms with Crippen molar-refractivity contribution in [1.29, 1.82) is 0 Å². The summed E-state index contributed by atoms with van der Waals surface area (Å²) in [7, 11) is 13.4. The fraction of sp³-hybridized carbons (Fsp3) is 0.536. The number of benzene rings is 3. The number of unbranched alkanes of at least 4 members (excludes halogenated alkanes) is 1. The third-order valence-electron chi connectivity index (χ3n) is 26.3. The number of likely N-dealkylation sites (N-methyl/N-ethyl adjacent to an activating group) is 3. The van der Waals surface area contributed by atoms with Crippen molar-refractivity contribution in [2.45, 2.75) is 145 Å². The summed E-state index contributed by atoms with van der Waals surface area (Å²) in [6.07, 6.45) is 0.697. The van der Waals surface area contributed by atoms with Gasteiger partial charge >= 0.3 is 6.18 Å². The number of hydrogen-bond acceptors (Lipinski definition) is 28. The van der Waals surface area contributed by atoms with Gasteiger partial charge in [-0.3, -0.25) is 67.7 Å². The number of rotatable bonds is 17. The Morgan fingerprint density at radius 3 is 1.08 bits per heavy atom. The summed E-state index contributed by atoms with van der Waals surface area (Å²) in [6.45, 7) is 7.71. The minimum Gasteiger partial charge on any atom is -0.508 e. The molecule has 0 unspecified atom stereocenters. The van der Waals surface area contributed by atoms with E-state index in [0.717, 1.165) is 68.6 Å². The number of aliphatic hydroxyl groups is 9. The van der Waals surface area contributed by atoms with Gasteiger partial charge in [-0.15, -0.1) is 0 Å². The van der Waals surface area contributed by atoms with Gasteiger partial charge in [-0.1, -0.05) is 25.1 Å². The SMILES string of the molecule is CC1CCN(Cc2ccc(O)c3c2C[C@H]2C[C@H]4[C@@H](N(C)C)C(=O)C(C(N)=O)=C(O)[C@@]4(O)C(=O)C2=C3O)CC1.CN(C)CCCCNCc1ccc(O)c2c1C[C@H]1C[C@H]3[C@H](N(C)C)C(=O)C(C(N)=O)=C(O)[C@@]3(O)C(=O)C1=C2O.CN(C)[C@H]1C(=O)C(C(N)=O)=C(O)[C@@]2(O)C(=O)C3=C(O)c4c(O)ccc(CN5CCC(C(F)(F)F)CC5)c4C[C@H]3C[C@@H]12. The van der Waals surface area contributed by atoms with E-state index in [-0.39, 0.29) is 115 Å². The summed E-state index contributed by atoms with van der Waals surface area (Å²) in [5, 5.41) is 137. The standard InChI is InChI=1S/C28H32F3N3O7.C28H38N4O7.C28H35N3O7/c1-33(2)21-16-10-13-9-15-12(11-34-7-5-14(6-8-34)28(29,30)31)3-4-17(35)19(15)22(36)18(13)24(38)27(16,41)25(39)20(23(21)37)26(32)40;1-31(2)10-6-5-9-30-13-14-7-8-18(33)20-16(14)11-15-12-17-22(32(3)4)24(35)21(27(29)38)26(37)28(17,39)25(36)19(15)23(20)34;1-13-6-8-31(9-7-13)12-14-4-5-18(32)20-16(14)10-15-11-17-22(30(2)3)24(34)21(27(29)37)26(36)28(17,38)25(35)19(15)23(20)33/h3-4,13-14,16,21,35-36,39,41H,5-11H2,1-2H3,(H2,32,40);7-8,15,17,22,30,33-34,37,39H,5-6,9-13H2,1-4H3,(H2,29,38);4-5,13,15,17,22,32-33,36,38H,6-12H2,1-3H3,(H2,29,37)/t13-,16-,21+,27-;15-,17-,22-,28-;15-,17-,22+,28-/m000/s1. The first-order valence-electron chi connectivity index (χ1n) is 39.6. The number of nitrogens with zero attached hydrogens (tertiary/aromatic N) is 6. The van der Waals surface area contributed by atoms with E-state index in [0.29, 0.717) is 42.1 Å². The Kier molecular flexibility index (Phi) is 24.2. The molecule has 638 valence electrons. The summed E-state index contributed by atoms with van der Waals surface area (Å²) in [5.74, 6) is -20.8. The van der Waals surface area contributed by atoms with E-state index in [4.69, 9.17) is 17.2 Å². The maximum Gasteiger partial charge on any atom is 0.391 e. The van der Waals surface area contributed by atoms with Crippen molar-refractivity contribution >= 4 is 69.7 Å². The number of alkyl halides is 3. The number of nitrogens with two attached hydrogens (primary N) is 3. The number of ketones is 6. The van der Waals surface area contributed by atoms with Crippen LogP contribution in [-0.2, 0) is 82.0 Å². The molecule has 12 atom stereocenters. The van der Waals surface area contributed by atoms with Gasteiger partial charge < -0.3 is 88.7 Å². The van der Waals surface area contributed by atoms with Gasteiger partial charge in [0, 0.05) is 54.1 Å². The van der Waals surface area contributed by atoms with Crippen LogP contribution in [0, 0.1) is 47.3 Å². The van der Waals surface area contributed by atoms with E-state index in [1.54, 1.807) is 40.3 Å². The molecule has 2 aliphatic heterocycles. The second kappa shape index (κ2) is 32.7. The van der Waals surface area contributed by atoms with E-state index in [2.05, 4.69) is 22.0 Å². The normalized spacial score (nSPS) is 28.9. The van der Waals surface area contributed by atoms with Crippen LogP contribution in [0.25, 0.3) is 17.3 Å². The highest BCUT2D eigenvalue weighted by Crippen LogP contribution is 2.58. The Morgan fingerprint density at radius 1 is 0.475 bits per heavy atom. The van der Waals surface area contributed by atoms with Gasteiger partial charge in [-0.25, -0.2) is 0 Å². The number of fused-ring (bicyclic) bond motifs is 9. The minimum absolute atomic E-state index is 0.0380. The van der Waals surface area contributed by atoms with E-state index in [1.165, 1.54) is 47.0 Å². The number of carbonyl (C=O) groups excluding carboxylic acids is 9. The Hall–Kier alpha value is -9.88. The number of aliphatic hydroxyl groups excluding tert-OH is 6. The Bertz CT molecular complexity index is 4910. The molecule has 0 radical (unpaired) electrons. The minimum atomic E-state index is -4.25. The van der Waals surface area contributed by atoms with E-state index >= 15 is 0 Å². The van der Waals surface area contributed by atoms with Crippen molar-refractivity contribution in [3.8, 4) is 17.2 Å². The van der Waals surface area contributed by atoms with Gasteiger partial charge in [0.1, 0.15) is 68.5 Å². The van der Waals surface area contributed by atoms with Crippen LogP contribution in [0.2, 0.25) is 0 Å². The second-order valence-electron chi connectivity index (χ2n) is 34.4. The summed E-state index contributed by atoms with van der Waals surface area (Å²) in [6, 6.07) is 6.13. The smallest absolute Gasteiger partial charge is 0.391 e. The molecule has 2 heterocycles. The van der Waals surface area contributed by atoms with Crippen molar-refractivity contribution < 1.29 is 118 Å². The van der Waals surface area contributed by atoms with Gasteiger partial charge in [-0.2, -0.15) is 13.2 Å². The fourth-order valence-electron chi connectivity index (χ4n) is 20.4. The van der Waals surface area contributed by atoms with Crippen LogP contribution in [0.5, 0.6) is 17.2 Å². The number of aromatic hydroxyl groups is 3. The van der Waals surface area contributed by atoms with E-state index in [9.17, 15) is 118 Å². The summed E-state index contributed by atoms with van der Waals surface area (Å²) < 4.78 is 39.4. The zero-order chi connectivity index (χ0) is 86.7. The fourth-order valence-corrected chi connectivity index (χ4v) is 20.4. The van der Waals surface area contributed by atoms with Crippen molar-refractivity contribution in [2.75, 3.05) is 95.6 Å². The molecular weight excluding hydrogens is 1540 g/mol. The first-order valence-corrected chi connectivity index (χ1v) is 39.6. The molecule has 3 aromatic carbocycles. The first-order chi connectivity index (χ1) is 55.3. The van der Waals surface area contributed by atoms with Crippen LogP contribution in [-0.4, -0.2) is 280 Å². The summed E-state index contributed by atoms with van der Waals surface area (Å²) in [4.78, 5) is 128. The Labute approximate surface area is 678 Å². The molecule has 19 N–H and O–H groups in total. The molecule has 11 aliphatic rings. The second-order valence-corrected chi connectivity index (χ2v) is 34.4. The molecule has 0 aromatic heterocycles. The van der Waals surface area contributed by atoms with Gasteiger partial charge in [0.15, 0.2) is 34.2 Å². The number of phenols is 3. The number of amides is 3. The van der Waals surface area contributed by atoms with Crippen LogP contribution in [0.15, 0.2) is 87.1 Å². The lowest BCUT2D eigenvalue weighted by molar-refractivity contribution is -0.185. The third kappa shape index (κ3) is 14.7. The molecular formula is C84H105F3N10O21. The van der Waals surface area contributed by atoms with E-state index in [1.807, 2.05) is 25.1 Å². The molecule has 3 amide bonds. The summed E-state index contributed by atoms with van der Waals surface area (Å²) >= 11 is 0. The number of nitrogens with one attached hydrogen (secondary N) is 1. The number of Topliss-reactive ketones (excluding diaryl/α,β-unsaturated/α-hetero) is 6. The summed E-state index contributed by atoms with van der Waals surface area (Å²) in [5.41, 5.74) is 9.61. The quantitative estimate of drug-likeness (QED) is 0.0680. The van der Waals surface area contributed by atoms with Crippen LogP contribution in [0.4, 0.5) is 13.2 Å². The number of likely N-dealkylation sites (tertiary alicyclic amines) is 2. The predicted octanol–water partition coefficient (Wildman–Crippen LogP) is 3.33. The Morgan fingerprint density at radius 2 is 0.780 bits per heavy atom. The van der Waals surface area contributed by atoms with Crippen LogP contribution in [0.3, 0.4) is 0 Å². The Balaban J connectivity index is 0.000000163. The molecule has 3 saturated carbocycles. The molecule has 0 spiro atoms. The van der Waals surface area contributed by atoms with Crippen molar-refractivity contribution in [3.63, 3.8) is 0 Å². The number of piperidine rings is 2. The van der Waals surface area contributed by atoms with Gasteiger partial charge in [-0.05, 0) is 248 Å². The van der Waals surface area contributed by atoms with Crippen molar-refractivity contribution in [3.05, 3.63) is 137 Å². The number of phenolic OH excluding ortho intramolecular Hbond substituents is 3. The number of hydrogen-bond donors (Lipinski definition) is 16. The molecule has 2 saturated heterocycles. The highest BCUT2D eigenvalue weighted by Gasteiger charge is 2.68. The monoisotopic (exact) mass is 1650 g/mol. The molecule has 5 fully saturated rings. The maximum absolute atomic E-state index is 13.9. The van der Waals surface area contributed by atoms with E-state index < -0.39 is 186 Å². The molecule has 34 heteroatoms. The largest absolute Gasteiger partial charge is 0.508 e. The maximum atomic E-state index is 13.9. The van der Waals surface area contributed by atoms with Crippen LogP contribution >= 0.6 is 0 Å². The number of halogens is 3. The number of carbonyl (C=O) groups is 9. The first kappa shape index (κ1) is 87.4. The predicted molar refractivity (Wildman–Crippen MR) is 420 cm³/mol. The topological polar surface area (TPSA) is 506 Å². The molecule has 9 aliphatic carbocycles. The average Bonchev–Trinajstić information content (AvgIpc) is 0.708. The molecule has 31 nitrogen and oxygen atoms in total. The lowest BCUT2D eigenvalue weighted by Gasteiger charge is -2.50. The van der Waals surface area contributed by atoms with Crippen molar-refractivity contribution in [2.24, 2.45) is 64.5 Å². The van der Waals surface area contributed by atoms with Gasteiger partial charge in [0.2, 0.25) is 17.3 Å². The average molecular weight is 1650 g/mol. The number of primary amides is 3. The highest BCUT2D eigenvalue weighted by molar-refractivity contribution is 6.27.